The molecule has 0 aliphatic heterocycles. The molecule has 0 unspecified atom stereocenters. The molecule has 0 spiro atoms. The van der Waals surface area contributed by atoms with Crippen LogP contribution in [0.25, 0.3) is 0 Å². The van der Waals surface area contributed by atoms with E-state index in [4.69, 9.17) is 17.3 Å². The topological polar surface area (TPSA) is 35.2 Å². The predicted octanol–water partition coefficient (Wildman–Crippen LogP) is 3.29. The van der Waals surface area contributed by atoms with Gasteiger partial charge in [-0.1, -0.05) is 17.7 Å². The van der Waals surface area contributed by atoms with E-state index in [1.54, 1.807) is 0 Å². The Bertz CT molecular complexity index is 310. The molecule has 0 aliphatic carbocycles. The Labute approximate surface area is 95.6 Å². The Morgan fingerprint density at radius 1 is 1.33 bits per heavy atom. The van der Waals surface area contributed by atoms with E-state index in [-0.39, 0.29) is 28.9 Å². The quantitative estimate of drug-likeness (QED) is 0.830. The minimum Gasteiger partial charge on any atom is -0.480 e. The standard InChI is InChI=1S/C8H7ClF3NO.ClH/c9-5-2-1-3-6(13)7(5)14-4-8(10,11)12;/h1-3H,4,13H2;1H. The summed E-state index contributed by atoms with van der Waals surface area (Å²) in [5.74, 6) is -0.133. The number of halogens is 5. The van der Waals surface area contributed by atoms with Crippen molar-refractivity contribution in [3.63, 3.8) is 0 Å². The van der Waals surface area contributed by atoms with Crippen molar-refractivity contribution < 1.29 is 17.9 Å². The van der Waals surface area contributed by atoms with Gasteiger partial charge in [-0.05, 0) is 12.1 Å². The SMILES string of the molecule is Cl.Nc1cccc(Cl)c1OCC(F)(F)F. The fourth-order valence-corrected chi connectivity index (χ4v) is 1.07. The normalized spacial score (nSPS) is 10.7. The summed E-state index contributed by atoms with van der Waals surface area (Å²) in [6.07, 6.45) is -4.40. The number of benzene rings is 1. The summed E-state index contributed by atoms with van der Waals surface area (Å²) in [7, 11) is 0. The molecule has 0 aliphatic rings. The van der Waals surface area contributed by atoms with Gasteiger partial charge < -0.3 is 10.5 Å². The largest absolute Gasteiger partial charge is 0.480 e. The number of rotatable bonds is 2. The number of para-hydroxylation sites is 1. The summed E-state index contributed by atoms with van der Waals surface area (Å²) in [6, 6.07) is 4.35. The van der Waals surface area contributed by atoms with Gasteiger partial charge in [0.25, 0.3) is 0 Å². The van der Waals surface area contributed by atoms with Crippen molar-refractivity contribution in [2.24, 2.45) is 0 Å². The molecule has 7 heteroatoms. The molecule has 0 heterocycles. The summed E-state index contributed by atoms with van der Waals surface area (Å²) in [4.78, 5) is 0. The Kier molecular flexibility index (Phi) is 5.03. The highest BCUT2D eigenvalue weighted by molar-refractivity contribution is 6.32. The van der Waals surface area contributed by atoms with Crippen LogP contribution < -0.4 is 10.5 Å². The lowest BCUT2D eigenvalue weighted by atomic mass is 10.3. The van der Waals surface area contributed by atoms with Gasteiger partial charge in [0.05, 0.1) is 10.7 Å². The predicted molar refractivity (Wildman–Crippen MR) is 54.7 cm³/mol. The molecule has 0 saturated carbocycles. The molecule has 0 aromatic heterocycles. The van der Waals surface area contributed by atoms with E-state index in [9.17, 15) is 13.2 Å². The summed E-state index contributed by atoms with van der Waals surface area (Å²) >= 11 is 5.59. The van der Waals surface area contributed by atoms with Gasteiger partial charge in [0.1, 0.15) is 0 Å². The second-order valence-corrected chi connectivity index (χ2v) is 2.97. The lowest BCUT2D eigenvalue weighted by Gasteiger charge is -2.11. The number of anilines is 1. The van der Waals surface area contributed by atoms with Gasteiger partial charge in [0.15, 0.2) is 12.4 Å². The van der Waals surface area contributed by atoms with Crippen LogP contribution in [-0.4, -0.2) is 12.8 Å². The van der Waals surface area contributed by atoms with Gasteiger partial charge in [0.2, 0.25) is 0 Å². The molecule has 0 amide bonds. The van der Waals surface area contributed by atoms with Gasteiger partial charge in [-0.2, -0.15) is 13.2 Å². The lowest BCUT2D eigenvalue weighted by molar-refractivity contribution is -0.153. The number of hydrogen-bond acceptors (Lipinski definition) is 2. The average Bonchev–Trinajstić information content (AvgIpc) is 2.01. The average molecular weight is 262 g/mol. The second-order valence-electron chi connectivity index (χ2n) is 2.56. The van der Waals surface area contributed by atoms with Crippen LogP contribution in [0.15, 0.2) is 18.2 Å². The smallest absolute Gasteiger partial charge is 0.422 e. The molecular weight excluding hydrogens is 254 g/mol. The molecule has 2 nitrogen and oxygen atoms in total. The van der Waals surface area contributed by atoms with Gasteiger partial charge in [-0.15, -0.1) is 12.4 Å². The van der Waals surface area contributed by atoms with Crippen molar-refractivity contribution in [1.29, 1.82) is 0 Å². The van der Waals surface area contributed by atoms with E-state index >= 15 is 0 Å². The third-order valence-corrected chi connectivity index (χ3v) is 1.68. The van der Waals surface area contributed by atoms with Crippen molar-refractivity contribution >= 4 is 29.7 Å². The summed E-state index contributed by atoms with van der Waals surface area (Å²) < 4.78 is 39.8. The fraction of sp³-hybridized carbons (Fsp3) is 0.250. The van der Waals surface area contributed by atoms with Crippen LogP contribution >= 0.6 is 24.0 Å². The molecule has 1 aromatic carbocycles. The van der Waals surface area contributed by atoms with E-state index in [1.165, 1.54) is 18.2 Å². The Morgan fingerprint density at radius 2 is 1.93 bits per heavy atom. The summed E-state index contributed by atoms with van der Waals surface area (Å²) in [6.45, 7) is -1.40. The maximum atomic E-state index is 11.8. The third kappa shape index (κ3) is 4.48. The summed E-state index contributed by atoms with van der Waals surface area (Å²) in [5.41, 5.74) is 5.46. The van der Waals surface area contributed by atoms with Crippen LogP contribution in [0.5, 0.6) is 5.75 Å². The van der Waals surface area contributed by atoms with Crippen molar-refractivity contribution in [1.82, 2.24) is 0 Å². The van der Waals surface area contributed by atoms with Crippen LogP contribution in [-0.2, 0) is 0 Å². The first-order valence-electron chi connectivity index (χ1n) is 3.63. The van der Waals surface area contributed by atoms with Gasteiger partial charge >= 0.3 is 6.18 Å². The maximum Gasteiger partial charge on any atom is 0.422 e. The third-order valence-electron chi connectivity index (χ3n) is 1.38. The molecule has 0 atom stereocenters. The molecule has 0 fully saturated rings. The van der Waals surface area contributed by atoms with Crippen LogP contribution in [0.4, 0.5) is 18.9 Å². The molecule has 0 radical (unpaired) electrons. The monoisotopic (exact) mass is 261 g/mol. The molecule has 1 aromatic rings. The second kappa shape index (κ2) is 5.32. The van der Waals surface area contributed by atoms with E-state index < -0.39 is 12.8 Å². The fourth-order valence-electron chi connectivity index (χ4n) is 0.832. The number of alkyl halides is 3. The van der Waals surface area contributed by atoms with Crippen LogP contribution in [0.3, 0.4) is 0 Å². The highest BCUT2D eigenvalue weighted by atomic mass is 35.5. The molecule has 1 rings (SSSR count). The highest BCUT2D eigenvalue weighted by Gasteiger charge is 2.29. The van der Waals surface area contributed by atoms with E-state index in [0.29, 0.717) is 0 Å². The number of nitrogen functional groups attached to an aromatic ring is 1. The van der Waals surface area contributed by atoms with Gasteiger partial charge in [0, 0.05) is 0 Å². The zero-order chi connectivity index (χ0) is 10.8. The first-order valence-corrected chi connectivity index (χ1v) is 4.01. The van der Waals surface area contributed by atoms with E-state index in [0.717, 1.165) is 0 Å². The molecule has 2 N–H and O–H groups in total. The van der Waals surface area contributed by atoms with Crippen molar-refractivity contribution in [2.45, 2.75) is 6.18 Å². The Hall–Kier alpha value is -0.810. The van der Waals surface area contributed by atoms with Gasteiger partial charge in [-0.25, -0.2) is 0 Å². The molecule has 15 heavy (non-hydrogen) atoms. The number of nitrogens with two attached hydrogens (primary N) is 1. The zero-order valence-corrected chi connectivity index (χ0v) is 8.92. The Balaban J connectivity index is 0.00000196. The van der Waals surface area contributed by atoms with Crippen LogP contribution in [0, 0.1) is 0 Å². The first kappa shape index (κ1) is 14.2. The van der Waals surface area contributed by atoms with Crippen molar-refractivity contribution in [2.75, 3.05) is 12.3 Å². The zero-order valence-electron chi connectivity index (χ0n) is 7.34. The molecular formula is C8H8Cl2F3NO. The van der Waals surface area contributed by atoms with Crippen LogP contribution in [0.2, 0.25) is 5.02 Å². The molecule has 0 bridgehead atoms. The van der Waals surface area contributed by atoms with E-state index in [1.807, 2.05) is 0 Å². The van der Waals surface area contributed by atoms with E-state index in [2.05, 4.69) is 4.74 Å². The summed E-state index contributed by atoms with van der Waals surface area (Å²) in [5, 5.41) is 0.0641. The minimum absolute atomic E-state index is 0. The lowest BCUT2D eigenvalue weighted by Crippen LogP contribution is -2.19. The minimum atomic E-state index is -4.40. The maximum absolute atomic E-state index is 11.8. The van der Waals surface area contributed by atoms with Crippen molar-refractivity contribution in [3.05, 3.63) is 23.2 Å². The molecule has 86 valence electrons. The molecule has 0 saturated heterocycles. The van der Waals surface area contributed by atoms with Gasteiger partial charge in [-0.3, -0.25) is 0 Å². The number of hydrogen-bond donors (Lipinski definition) is 1. The number of ether oxygens (including phenoxy) is 1. The first-order chi connectivity index (χ1) is 6.40. The van der Waals surface area contributed by atoms with Crippen molar-refractivity contribution in [3.8, 4) is 5.75 Å². The highest BCUT2D eigenvalue weighted by Crippen LogP contribution is 2.31. The Morgan fingerprint density at radius 3 is 2.40 bits per heavy atom. The van der Waals surface area contributed by atoms with Crippen LogP contribution in [0.1, 0.15) is 0 Å².